The number of carbonyl (C=O) groups excluding carboxylic acids is 1. The first kappa shape index (κ1) is 10.4. The maximum absolute atomic E-state index is 10.8. The van der Waals surface area contributed by atoms with E-state index < -0.39 is 11.9 Å². The SMILES string of the molecule is Cl.O=C(O)C1CCNCC1=O. The molecule has 1 rings (SSSR count). The molecule has 1 fully saturated rings. The third kappa shape index (κ3) is 2.48. The van der Waals surface area contributed by atoms with Crippen LogP contribution in [0.2, 0.25) is 0 Å². The Morgan fingerprint density at radius 2 is 2.27 bits per heavy atom. The number of Topliss-reactive ketones (excluding diaryl/α,β-unsaturated/α-hetero) is 1. The predicted molar refractivity (Wildman–Crippen MR) is 40.9 cm³/mol. The zero-order valence-corrected chi connectivity index (χ0v) is 6.69. The average molecular weight is 180 g/mol. The minimum atomic E-state index is -0.994. The zero-order chi connectivity index (χ0) is 7.56. The number of carboxylic acid groups (broad SMARTS) is 1. The Morgan fingerprint density at radius 1 is 1.64 bits per heavy atom. The monoisotopic (exact) mass is 179 g/mol. The Bertz CT molecular complexity index is 171. The molecule has 64 valence electrons. The van der Waals surface area contributed by atoms with Gasteiger partial charge in [-0.05, 0) is 13.0 Å². The lowest BCUT2D eigenvalue weighted by atomic mass is 9.97. The molecule has 0 spiro atoms. The molecule has 11 heavy (non-hydrogen) atoms. The van der Waals surface area contributed by atoms with E-state index in [-0.39, 0.29) is 24.7 Å². The highest BCUT2D eigenvalue weighted by molar-refractivity contribution is 5.99. The van der Waals surface area contributed by atoms with E-state index in [1.165, 1.54) is 0 Å². The summed E-state index contributed by atoms with van der Waals surface area (Å²) >= 11 is 0. The summed E-state index contributed by atoms with van der Waals surface area (Å²) in [4.78, 5) is 21.1. The van der Waals surface area contributed by atoms with Crippen molar-refractivity contribution in [2.45, 2.75) is 6.42 Å². The third-order valence-electron chi connectivity index (χ3n) is 1.60. The molecule has 1 unspecified atom stereocenters. The van der Waals surface area contributed by atoms with Gasteiger partial charge < -0.3 is 10.4 Å². The normalized spacial score (nSPS) is 24.0. The van der Waals surface area contributed by atoms with Crippen LogP contribution in [0.3, 0.4) is 0 Å². The molecule has 0 aromatic heterocycles. The molecule has 1 saturated heterocycles. The molecule has 0 saturated carbocycles. The summed E-state index contributed by atoms with van der Waals surface area (Å²) in [6.07, 6.45) is 0.425. The fourth-order valence-electron chi connectivity index (χ4n) is 1.00. The molecule has 4 nitrogen and oxygen atoms in total. The van der Waals surface area contributed by atoms with Gasteiger partial charge in [-0.1, -0.05) is 0 Å². The van der Waals surface area contributed by atoms with Gasteiger partial charge in [0.25, 0.3) is 0 Å². The lowest BCUT2D eigenvalue weighted by molar-refractivity contribution is -0.147. The lowest BCUT2D eigenvalue weighted by Gasteiger charge is -2.16. The summed E-state index contributed by atoms with van der Waals surface area (Å²) < 4.78 is 0. The second kappa shape index (κ2) is 4.31. The van der Waals surface area contributed by atoms with Crippen LogP contribution in [0.4, 0.5) is 0 Å². The maximum Gasteiger partial charge on any atom is 0.314 e. The van der Waals surface area contributed by atoms with Crippen LogP contribution in [-0.4, -0.2) is 29.9 Å². The second-order valence-electron chi connectivity index (χ2n) is 2.32. The molecule has 0 bridgehead atoms. The molecule has 1 aliphatic heterocycles. The fourth-order valence-corrected chi connectivity index (χ4v) is 1.00. The number of piperidine rings is 1. The van der Waals surface area contributed by atoms with Crippen molar-refractivity contribution in [1.82, 2.24) is 5.32 Å². The molecule has 5 heteroatoms. The van der Waals surface area contributed by atoms with Gasteiger partial charge in [-0.2, -0.15) is 0 Å². The van der Waals surface area contributed by atoms with Gasteiger partial charge in [0.2, 0.25) is 0 Å². The van der Waals surface area contributed by atoms with E-state index in [0.29, 0.717) is 13.0 Å². The van der Waals surface area contributed by atoms with Crippen LogP contribution in [0.25, 0.3) is 0 Å². The number of ketones is 1. The van der Waals surface area contributed by atoms with Gasteiger partial charge >= 0.3 is 5.97 Å². The van der Waals surface area contributed by atoms with Crippen molar-refractivity contribution in [3.05, 3.63) is 0 Å². The maximum atomic E-state index is 10.8. The van der Waals surface area contributed by atoms with E-state index in [2.05, 4.69) is 5.32 Å². The summed E-state index contributed by atoms with van der Waals surface area (Å²) in [6.45, 7) is 0.833. The number of carbonyl (C=O) groups is 2. The molecule has 1 heterocycles. The quantitative estimate of drug-likeness (QED) is 0.541. The highest BCUT2D eigenvalue weighted by Crippen LogP contribution is 2.07. The molecule has 0 amide bonds. The van der Waals surface area contributed by atoms with Gasteiger partial charge in [0.1, 0.15) is 5.92 Å². The fraction of sp³-hybridized carbons (Fsp3) is 0.667. The van der Waals surface area contributed by atoms with Gasteiger partial charge in [0, 0.05) is 0 Å². The lowest BCUT2D eigenvalue weighted by Crippen LogP contribution is -2.40. The summed E-state index contributed by atoms with van der Waals surface area (Å²) in [6, 6.07) is 0. The van der Waals surface area contributed by atoms with Crippen molar-refractivity contribution >= 4 is 24.2 Å². The molecule has 0 radical (unpaired) electrons. The number of nitrogens with one attached hydrogen (secondary N) is 1. The van der Waals surface area contributed by atoms with Gasteiger partial charge in [-0.15, -0.1) is 12.4 Å². The topological polar surface area (TPSA) is 66.4 Å². The number of carboxylic acids is 1. The summed E-state index contributed by atoms with van der Waals surface area (Å²) in [5.41, 5.74) is 0. The first-order chi connectivity index (χ1) is 4.72. The third-order valence-corrected chi connectivity index (χ3v) is 1.60. The van der Waals surface area contributed by atoms with E-state index in [1.807, 2.05) is 0 Å². The highest BCUT2D eigenvalue weighted by atomic mass is 35.5. The number of aliphatic carboxylic acids is 1. The molecule has 0 aliphatic carbocycles. The number of halogens is 1. The number of hydrogen-bond acceptors (Lipinski definition) is 3. The van der Waals surface area contributed by atoms with E-state index in [0.717, 1.165) is 0 Å². The van der Waals surface area contributed by atoms with E-state index >= 15 is 0 Å². The predicted octanol–water partition coefficient (Wildman–Crippen LogP) is -0.329. The highest BCUT2D eigenvalue weighted by Gasteiger charge is 2.27. The molecule has 1 atom stereocenters. The Morgan fingerprint density at radius 3 is 2.64 bits per heavy atom. The molecule has 0 aromatic rings. The van der Waals surface area contributed by atoms with E-state index in [1.54, 1.807) is 0 Å². The summed E-state index contributed by atoms with van der Waals surface area (Å²) in [5, 5.41) is 11.3. The molecular weight excluding hydrogens is 170 g/mol. The van der Waals surface area contributed by atoms with Crippen LogP contribution in [0, 0.1) is 5.92 Å². The van der Waals surface area contributed by atoms with Gasteiger partial charge in [0.05, 0.1) is 6.54 Å². The first-order valence-corrected chi connectivity index (χ1v) is 3.18. The van der Waals surface area contributed by atoms with Crippen LogP contribution in [0.15, 0.2) is 0 Å². The minimum absolute atomic E-state index is 0. The Labute approximate surface area is 70.4 Å². The van der Waals surface area contributed by atoms with Crippen molar-refractivity contribution < 1.29 is 14.7 Å². The Balaban J connectivity index is 0.000001000. The molecular formula is C6H10ClNO3. The number of hydrogen-bond donors (Lipinski definition) is 2. The van der Waals surface area contributed by atoms with Gasteiger partial charge in [0.15, 0.2) is 5.78 Å². The molecule has 0 aromatic carbocycles. The zero-order valence-electron chi connectivity index (χ0n) is 5.87. The average Bonchev–Trinajstić information content (AvgIpc) is 1.88. The van der Waals surface area contributed by atoms with Crippen molar-refractivity contribution in [3.63, 3.8) is 0 Å². The van der Waals surface area contributed by atoms with Gasteiger partial charge in [-0.25, -0.2) is 0 Å². The van der Waals surface area contributed by atoms with Crippen molar-refractivity contribution in [2.24, 2.45) is 5.92 Å². The van der Waals surface area contributed by atoms with Crippen molar-refractivity contribution in [2.75, 3.05) is 13.1 Å². The van der Waals surface area contributed by atoms with Crippen molar-refractivity contribution in [3.8, 4) is 0 Å². The van der Waals surface area contributed by atoms with E-state index in [9.17, 15) is 9.59 Å². The Hall–Kier alpha value is -0.610. The summed E-state index contributed by atoms with van der Waals surface area (Å²) in [7, 11) is 0. The van der Waals surface area contributed by atoms with Crippen molar-refractivity contribution in [1.29, 1.82) is 0 Å². The largest absolute Gasteiger partial charge is 0.481 e. The Kier molecular flexibility index (Phi) is 4.07. The summed E-state index contributed by atoms with van der Waals surface area (Å²) in [5.74, 6) is -1.97. The van der Waals surface area contributed by atoms with Crippen LogP contribution < -0.4 is 5.32 Å². The van der Waals surface area contributed by atoms with Crippen LogP contribution in [-0.2, 0) is 9.59 Å². The molecule has 1 aliphatic rings. The van der Waals surface area contributed by atoms with E-state index in [4.69, 9.17) is 5.11 Å². The standard InChI is InChI=1S/C6H9NO3.ClH/c8-5-3-7-2-1-4(5)6(9)10;/h4,7H,1-3H2,(H,9,10);1H. The first-order valence-electron chi connectivity index (χ1n) is 3.18. The number of rotatable bonds is 1. The minimum Gasteiger partial charge on any atom is -0.481 e. The smallest absolute Gasteiger partial charge is 0.314 e. The second-order valence-corrected chi connectivity index (χ2v) is 2.32. The van der Waals surface area contributed by atoms with Crippen LogP contribution in [0.5, 0.6) is 0 Å². The van der Waals surface area contributed by atoms with Crippen LogP contribution >= 0.6 is 12.4 Å². The molecule has 2 N–H and O–H groups in total. The van der Waals surface area contributed by atoms with Crippen LogP contribution in [0.1, 0.15) is 6.42 Å². The van der Waals surface area contributed by atoms with Gasteiger partial charge in [-0.3, -0.25) is 9.59 Å².